The number of likely N-dealkylation sites (tertiary alicyclic amines) is 1. The van der Waals surface area contributed by atoms with Gasteiger partial charge in [0.2, 0.25) is 0 Å². The lowest BCUT2D eigenvalue weighted by molar-refractivity contribution is 0.0568. The molecule has 0 N–H and O–H groups in total. The van der Waals surface area contributed by atoms with Gasteiger partial charge >= 0.3 is 0 Å². The lowest BCUT2D eigenvalue weighted by Gasteiger charge is -2.31. The number of carbonyl (C=O) groups excluding carboxylic acids is 1. The van der Waals surface area contributed by atoms with Crippen molar-refractivity contribution < 1.29 is 23.1 Å². The molecule has 0 radical (unpaired) electrons. The van der Waals surface area contributed by atoms with Gasteiger partial charge in [0.25, 0.3) is 11.1 Å². The Bertz CT molecular complexity index is 1230. The topological polar surface area (TPSA) is 64.8 Å². The molecule has 1 saturated heterocycles. The standard InChI is InChI=1S/C22H19FN2O4S/c1-27-17-4-2-3-13-11-18(29-20(13)17)21(26)25-9-7-15(8-10-25)28-22-24-16-6-5-14(23)12-19(16)30-22/h2-6,11-12,15H,7-10H2,1H3. The normalized spacial score (nSPS) is 15.1. The quantitative estimate of drug-likeness (QED) is 0.466. The van der Waals surface area contributed by atoms with Crippen LogP contribution in [-0.2, 0) is 0 Å². The summed E-state index contributed by atoms with van der Waals surface area (Å²) in [6.45, 7) is 1.13. The maximum atomic E-state index is 13.4. The third kappa shape index (κ3) is 3.47. The van der Waals surface area contributed by atoms with Crippen LogP contribution >= 0.6 is 11.3 Å². The number of fused-ring (bicyclic) bond motifs is 2. The monoisotopic (exact) mass is 426 g/mol. The molecular formula is C22H19FN2O4S. The highest BCUT2D eigenvalue weighted by Crippen LogP contribution is 2.31. The summed E-state index contributed by atoms with van der Waals surface area (Å²) in [5.41, 5.74) is 1.30. The number of hydrogen-bond donors (Lipinski definition) is 0. The SMILES string of the molecule is COc1cccc2cc(C(=O)N3CCC(Oc4nc5ccc(F)cc5s4)CC3)oc12. The Hall–Kier alpha value is -3.13. The van der Waals surface area contributed by atoms with E-state index in [2.05, 4.69) is 4.98 Å². The number of halogens is 1. The Morgan fingerprint density at radius 1 is 1.23 bits per heavy atom. The number of aromatic nitrogens is 1. The average Bonchev–Trinajstić information content (AvgIpc) is 3.36. The maximum absolute atomic E-state index is 13.4. The zero-order chi connectivity index (χ0) is 20.7. The van der Waals surface area contributed by atoms with Gasteiger partial charge in [0.15, 0.2) is 17.1 Å². The Kier molecular flexibility index (Phi) is 4.78. The number of carbonyl (C=O) groups is 1. The molecule has 0 spiro atoms. The first-order chi connectivity index (χ1) is 14.6. The van der Waals surface area contributed by atoms with E-state index in [0.29, 0.717) is 48.2 Å². The van der Waals surface area contributed by atoms with Gasteiger partial charge in [-0.2, -0.15) is 0 Å². The second-order valence-corrected chi connectivity index (χ2v) is 8.18. The van der Waals surface area contributed by atoms with Crippen LogP contribution in [0.3, 0.4) is 0 Å². The first-order valence-electron chi connectivity index (χ1n) is 9.69. The molecule has 1 fully saturated rings. The van der Waals surface area contributed by atoms with Gasteiger partial charge in [-0.25, -0.2) is 9.37 Å². The van der Waals surface area contributed by atoms with E-state index in [-0.39, 0.29) is 17.8 Å². The van der Waals surface area contributed by atoms with Gasteiger partial charge in [-0.15, -0.1) is 0 Å². The minimum atomic E-state index is -0.285. The van der Waals surface area contributed by atoms with Gasteiger partial charge in [-0.05, 0) is 30.3 Å². The van der Waals surface area contributed by atoms with Gasteiger partial charge in [0.1, 0.15) is 11.9 Å². The van der Waals surface area contributed by atoms with E-state index in [4.69, 9.17) is 13.9 Å². The van der Waals surface area contributed by atoms with Gasteiger partial charge in [0.05, 0.1) is 17.3 Å². The highest BCUT2D eigenvalue weighted by atomic mass is 32.1. The number of methoxy groups -OCH3 is 1. The smallest absolute Gasteiger partial charge is 0.289 e. The van der Waals surface area contributed by atoms with Gasteiger partial charge < -0.3 is 18.8 Å². The predicted octanol–water partition coefficient (Wildman–Crippen LogP) is 4.87. The van der Waals surface area contributed by atoms with Crippen molar-refractivity contribution in [2.75, 3.05) is 20.2 Å². The molecule has 1 aliphatic rings. The Morgan fingerprint density at radius 2 is 2.07 bits per heavy atom. The van der Waals surface area contributed by atoms with Gasteiger partial charge in [-0.1, -0.05) is 23.5 Å². The Labute approximate surface area is 175 Å². The molecule has 0 bridgehead atoms. The maximum Gasteiger partial charge on any atom is 0.289 e. The van der Waals surface area contributed by atoms with E-state index in [1.165, 1.54) is 23.5 Å². The summed E-state index contributed by atoms with van der Waals surface area (Å²) in [4.78, 5) is 19.1. The van der Waals surface area contributed by atoms with Crippen LogP contribution in [0.4, 0.5) is 4.39 Å². The zero-order valence-corrected chi connectivity index (χ0v) is 17.1. The van der Waals surface area contributed by atoms with Crippen molar-refractivity contribution in [3.63, 3.8) is 0 Å². The molecule has 3 heterocycles. The largest absolute Gasteiger partial charge is 0.493 e. The molecule has 1 aliphatic heterocycles. The number of amides is 1. The highest BCUT2D eigenvalue weighted by molar-refractivity contribution is 7.20. The fourth-order valence-corrected chi connectivity index (χ4v) is 4.61. The molecule has 5 rings (SSSR count). The van der Waals surface area contributed by atoms with Gasteiger partial charge in [-0.3, -0.25) is 4.79 Å². The molecule has 2 aromatic carbocycles. The summed E-state index contributed by atoms with van der Waals surface area (Å²) in [6, 6.07) is 11.8. The average molecular weight is 426 g/mol. The molecule has 4 aromatic rings. The molecule has 0 atom stereocenters. The van der Waals surface area contributed by atoms with E-state index < -0.39 is 0 Å². The lowest BCUT2D eigenvalue weighted by Crippen LogP contribution is -2.41. The third-order valence-corrected chi connectivity index (χ3v) is 6.18. The van der Waals surface area contributed by atoms with Crippen LogP contribution in [0.15, 0.2) is 46.9 Å². The van der Waals surface area contributed by atoms with Crippen molar-refractivity contribution in [3.05, 3.63) is 54.0 Å². The first-order valence-corrected chi connectivity index (χ1v) is 10.5. The molecule has 2 aromatic heterocycles. The van der Waals surface area contributed by atoms with Crippen LogP contribution < -0.4 is 9.47 Å². The van der Waals surface area contributed by atoms with E-state index in [1.54, 1.807) is 30.2 Å². The Balaban J connectivity index is 1.24. The summed E-state index contributed by atoms with van der Waals surface area (Å²) in [5, 5.41) is 1.37. The van der Waals surface area contributed by atoms with Crippen LogP contribution in [0.5, 0.6) is 10.9 Å². The van der Waals surface area contributed by atoms with E-state index >= 15 is 0 Å². The Morgan fingerprint density at radius 3 is 2.87 bits per heavy atom. The van der Waals surface area contributed by atoms with E-state index in [9.17, 15) is 9.18 Å². The molecule has 0 saturated carbocycles. The number of hydrogen-bond acceptors (Lipinski definition) is 6. The number of piperidine rings is 1. The molecule has 0 unspecified atom stereocenters. The number of ether oxygens (including phenoxy) is 2. The number of benzene rings is 2. The number of nitrogens with zero attached hydrogens (tertiary/aromatic N) is 2. The van der Waals surface area contributed by atoms with Crippen LogP contribution in [0.1, 0.15) is 23.4 Å². The fraction of sp³-hybridized carbons (Fsp3) is 0.273. The van der Waals surface area contributed by atoms with Crippen molar-refractivity contribution in [2.24, 2.45) is 0 Å². The third-order valence-electron chi connectivity index (χ3n) is 5.27. The fourth-order valence-electron chi connectivity index (χ4n) is 3.71. The second-order valence-electron chi connectivity index (χ2n) is 7.19. The number of furan rings is 1. The van der Waals surface area contributed by atoms with Crippen LogP contribution in [0.2, 0.25) is 0 Å². The summed E-state index contributed by atoms with van der Waals surface area (Å²) in [6.07, 6.45) is 1.36. The van der Waals surface area contributed by atoms with Crippen LogP contribution in [0, 0.1) is 5.82 Å². The minimum absolute atomic E-state index is 0.0322. The molecule has 30 heavy (non-hydrogen) atoms. The molecule has 8 heteroatoms. The summed E-state index contributed by atoms with van der Waals surface area (Å²) < 4.78 is 31.2. The molecule has 6 nitrogen and oxygen atoms in total. The molecule has 0 aliphatic carbocycles. The lowest BCUT2D eigenvalue weighted by atomic mass is 10.1. The molecule has 1 amide bonds. The number of thiazole rings is 1. The van der Waals surface area contributed by atoms with Crippen LogP contribution in [-0.4, -0.2) is 42.1 Å². The van der Waals surface area contributed by atoms with Crippen molar-refractivity contribution in [2.45, 2.75) is 18.9 Å². The number of rotatable bonds is 4. The number of para-hydroxylation sites is 1. The summed E-state index contributed by atoms with van der Waals surface area (Å²) in [7, 11) is 1.57. The van der Waals surface area contributed by atoms with Crippen molar-refractivity contribution in [1.29, 1.82) is 0 Å². The molecular weight excluding hydrogens is 407 g/mol. The van der Waals surface area contributed by atoms with Crippen molar-refractivity contribution >= 4 is 38.4 Å². The van der Waals surface area contributed by atoms with Crippen molar-refractivity contribution in [1.82, 2.24) is 9.88 Å². The summed E-state index contributed by atoms with van der Waals surface area (Å²) >= 11 is 1.33. The van der Waals surface area contributed by atoms with Gasteiger partial charge in [0, 0.05) is 31.3 Å². The highest BCUT2D eigenvalue weighted by Gasteiger charge is 2.27. The minimum Gasteiger partial charge on any atom is -0.493 e. The van der Waals surface area contributed by atoms with E-state index in [0.717, 1.165) is 15.6 Å². The zero-order valence-electron chi connectivity index (χ0n) is 16.3. The van der Waals surface area contributed by atoms with E-state index in [1.807, 2.05) is 12.1 Å². The summed E-state index contributed by atoms with van der Waals surface area (Å²) in [5.74, 6) is 0.492. The van der Waals surface area contributed by atoms with Crippen molar-refractivity contribution in [3.8, 4) is 10.9 Å². The predicted molar refractivity (Wildman–Crippen MR) is 112 cm³/mol. The second kappa shape index (κ2) is 7.60. The molecule has 154 valence electrons. The first kappa shape index (κ1) is 18.9. The van der Waals surface area contributed by atoms with Crippen LogP contribution in [0.25, 0.3) is 21.2 Å².